The van der Waals surface area contributed by atoms with Gasteiger partial charge in [-0.3, -0.25) is 4.55 Å². The summed E-state index contributed by atoms with van der Waals surface area (Å²) in [6, 6.07) is 1.21. The summed E-state index contributed by atoms with van der Waals surface area (Å²) in [5.74, 6) is 0.731. The molecule has 1 aromatic rings. The topological polar surface area (TPSA) is 83.4 Å². The average Bonchev–Trinajstić information content (AvgIpc) is 2.01. The van der Waals surface area contributed by atoms with E-state index in [2.05, 4.69) is 9.97 Å². The van der Waals surface area contributed by atoms with Gasteiger partial charge in [0.05, 0.1) is 0 Å². The van der Waals surface area contributed by atoms with Crippen LogP contribution in [0.15, 0.2) is 11.1 Å². The van der Waals surface area contributed by atoms with Crippen LogP contribution in [0.1, 0.15) is 5.82 Å². The molecule has 0 aliphatic rings. The molecule has 0 atom stereocenters. The molecule has 0 unspecified atom stereocenters. The molecule has 1 heterocycles. The first-order valence-electron chi connectivity index (χ1n) is 3.81. The highest BCUT2D eigenvalue weighted by Gasteiger charge is 2.14. The fraction of sp³-hybridized carbons (Fsp3) is 0.429. The van der Waals surface area contributed by atoms with E-state index in [1.54, 1.807) is 25.9 Å². The van der Waals surface area contributed by atoms with E-state index in [9.17, 15) is 8.42 Å². The second kappa shape index (κ2) is 3.50. The highest BCUT2D eigenvalue weighted by molar-refractivity contribution is 7.85. The summed E-state index contributed by atoms with van der Waals surface area (Å²) in [5, 5.41) is -0.381. The van der Waals surface area contributed by atoms with E-state index < -0.39 is 10.1 Å². The molecule has 1 N–H and O–H groups in total. The quantitative estimate of drug-likeness (QED) is 0.558. The lowest BCUT2D eigenvalue weighted by atomic mass is 10.5. The van der Waals surface area contributed by atoms with Crippen LogP contribution in [-0.2, 0) is 10.1 Å². The van der Waals surface area contributed by atoms with Crippen molar-refractivity contribution in [2.75, 3.05) is 19.0 Å². The van der Waals surface area contributed by atoms with Gasteiger partial charge in [-0.05, 0) is 6.92 Å². The summed E-state index contributed by atoms with van der Waals surface area (Å²) in [6.45, 7) is 1.56. The van der Waals surface area contributed by atoms with Crippen molar-refractivity contribution in [2.24, 2.45) is 0 Å². The smallest absolute Gasteiger partial charge is 0.312 e. The number of rotatable bonds is 2. The van der Waals surface area contributed by atoms with Gasteiger partial charge in [-0.25, -0.2) is 9.97 Å². The first-order chi connectivity index (χ1) is 6.30. The van der Waals surface area contributed by atoms with Crippen molar-refractivity contribution in [2.45, 2.75) is 11.9 Å². The second-order valence-corrected chi connectivity index (χ2v) is 4.35. The van der Waals surface area contributed by atoms with Gasteiger partial charge in [0.2, 0.25) is 0 Å². The van der Waals surface area contributed by atoms with Gasteiger partial charge in [-0.15, -0.1) is 0 Å². The first kappa shape index (κ1) is 10.9. The molecule has 0 fully saturated rings. The Balaban J connectivity index is 3.35. The predicted octanol–water partition coefficient (Wildman–Crippen LogP) is 0.0977. The predicted molar refractivity (Wildman–Crippen MR) is 50.9 cm³/mol. The van der Waals surface area contributed by atoms with Crippen LogP contribution < -0.4 is 4.90 Å². The summed E-state index contributed by atoms with van der Waals surface area (Å²) < 4.78 is 30.4. The summed E-state index contributed by atoms with van der Waals surface area (Å²) in [4.78, 5) is 9.23. The normalized spacial score (nSPS) is 11.4. The number of hydrogen-bond acceptors (Lipinski definition) is 5. The molecule has 0 radical (unpaired) electrons. The molecule has 0 aliphatic carbocycles. The molecule has 0 spiro atoms. The largest absolute Gasteiger partial charge is 0.363 e. The Morgan fingerprint density at radius 2 is 1.93 bits per heavy atom. The van der Waals surface area contributed by atoms with Gasteiger partial charge in [-0.2, -0.15) is 8.42 Å². The van der Waals surface area contributed by atoms with E-state index in [-0.39, 0.29) is 5.03 Å². The molecular formula is C7H11N3O3S. The van der Waals surface area contributed by atoms with Crippen LogP contribution in [0, 0.1) is 6.92 Å². The minimum atomic E-state index is -4.26. The van der Waals surface area contributed by atoms with Gasteiger partial charge in [0.15, 0.2) is 5.03 Å². The fourth-order valence-corrected chi connectivity index (χ4v) is 1.39. The van der Waals surface area contributed by atoms with Gasteiger partial charge in [0.25, 0.3) is 0 Å². The number of nitrogens with zero attached hydrogens (tertiary/aromatic N) is 3. The SMILES string of the molecule is Cc1nc(N(C)C)cc(S(=O)(=O)O)n1. The minimum absolute atomic E-state index is 0.295. The first-order valence-corrected chi connectivity index (χ1v) is 5.25. The van der Waals surface area contributed by atoms with Crippen LogP contribution in [0.5, 0.6) is 0 Å². The van der Waals surface area contributed by atoms with Crippen LogP contribution in [0.4, 0.5) is 5.82 Å². The molecule has 1 aromatic heterocycles. The standard InChI is InChI=1S/C7H11N3O3S/c1-5-8-6(10(2)3)4-7(9-5)14(11,12)13/h4H,1-3H3,(H,11,12,13). The summed E-state index contributed by atoms with van der Waals surface area (Å²) in [5.41, 5.74) is 0. The van der Waals surface area contributed by atoms with Crippen molar-refractivity contribution in [3.05, 3.63) is 11.9 Å². The maximum Gasteiger partial charge on any atom is 0.312 e. The Morgan fingerprint density at radius 3 is 2.36 bits per heavy atom. The number of aromatic nitrogens is 2. The molecule has 7 heteroatoms. The molecule has 14 heavy (non-hydrogen) atoms. The van der Waals surface area contributed by atoms with Crippen molar-refractivity contribution in [3.8, 4) is 0 Å². The van der Waals surface area contributed by atoms with Crippen molar-refractivity contribution in [1.29, 1.82) is 0 Å². The third kappa shape index (κ3) is 2.39. The molecule has 0 bridgehead atoms. The molecule has 78 valence electrons. The number of aryl methyl sites for hydroxylation is 1. The van der Waals surface area contributed by atoms with E-state index in [1.807, 2.05) is 0 Å². The van der Waals surface area contributed by atoms with Crippen molar-refractivity contribution in [3.63, 3.8) is 0 Å². The number of anilines is 1. The van der Waals surface area contributed by atoms with Crippen molar-refractivity contribution >= 4 is 15.9 Å². The highest BCUT2D eigenvalue weighted by Crippen LogP contribution is 2.13. The molecule has 1 rings (SSSR count). The average molecular weight is 217 g/mol. The second-order valence-electron chi connectivity index (χ2n) is 2.98. The Bertz CT molecular complexity index is 441. The highest BCUT2D eigenvalue weighted by atomic mass is 32.2. The van der Waals surface area contributed by atoms with E-state index in [0.717, 1.165) is 0 Å². The maximum atomic E-state index is 10.8. The Morgan fingerprint density at radius 1 is 1.36 bits per heavy atom. The van der Waals surface area contributed by atoms with Gasteiger partial charge in [0, 0.05) is 20.2 Å². The van der Waals surface area contributed by atoms with E-state index in [1.165, 1.54) is 6.07 Å². The Hall–Kier alpha value is -1.21. The lowest BCUT2D eigenvalue weighted by Crippen LogP contribution is -2.14. The van der Waals surface area contributed by atoms with Crippen molar-refractivity contribution < 1.29 is 13.0 Å². The molecule has 0 aliphatic heterocycles. The summed E-state index contributed by atoms with van der Waals surface area (Å²) in [7, 11) is -0.824. The van der Waals surface area contributed by atoms with E-state index >= 15 is 0 Å². The minimum Gasteiger partial charge on any atom is -0.363 e. The molecule has 0 saturated carbocycles. The number of hydrogen-bond donors (Lipinski definition) is 1. The van der Waals surface area contributed by atoms with Crippen LogP contribution in [-0.4, -0.2) is 37.0 Å². The van der Waals surface area contributed by atoms with Gasteiger partial charge < -0.3 is 4.90 Å². The zero-order valence-corrected chi connectivity index (χ0v) is 8.91. The Labute approximate surface area is 82.4 Å². The van der Waals surface area contributed by atoms with E-state index in [0.29, 0.717) is 11.6 Å². The van der Waals surface area contributed by atoms with Crippen LogP contribution in [0.25, 0.3) is 0 Å². The van der Waals surface area contributed by atoms with Crippen molar-refractivity contribution in [1.82, 2.24) is 9.97 Å². The van der Waals surface area contributed by atoms with Gasteiger partial charge >= 0.3 is 10.1 Å². The molecular weight excluding hydrogens is 206 g/mol. The monoisotopic (exact) mass is 217 g/mol. The Kier molecular flexibility index (Phi) is 2.72. The van der Waals surface area contributed by atoms with E-state index in [4.69, 9.17) is 4.55 Å². The summed E-state index contributed by atoms with van der Waals surface area (Å²) in [6.07, 6.45) is 0. The zero-order chi connectivity index (χ0) is 10.9. The van der Waals surface area contributed by atoms with Crippen LogP contribution in [0.2, 0.25) is 0 Å². The van der Waals surface area contributed by atoms with Gasteiger partial charge in [-0.1, -0.05) is 0 Å². The lowest BCUT2D eigenvalue weighted by molar-refractivity contribution is 0.478. The maximum absolute atomic E-state index is 10.8. The summed E-state index contributed by atoms with van der Waals surface area (Å²) >= 11 is 0. The zero-order valence-electron chi connectivity index (χ0n) is 8.09. The lowest BCUT2D eigenvalue weighted by Gasteiger charge is -2.11. The third-order valence-electron chi connectivity index (χ3n) is 1.52. The molecule has 0 saturated heterocycles. The fourth-order valence-electron chi connectivity index (χ4n) is 0.886. The molecule has 0 aromatic carbocycles. The van der Waals surface area contributed by atoms with Gasteiger partial charge in [0.1, 0.15) is 11.6 Å². The molecule has 0 amide bonds. The van der Waals surface area contributed by atoms with Crippen LogP contribution in [0.3, 0.4) is 0 Å². The van der Waals surface area contributed by atoms with Crippen LogP contribution >= 0.6 is 0 Å². The third-order valence-corrected chi connectivity index (χ3v) is 2.26. The molecule has 6 nitrogen and oxygen atoms in total.